The van der Waals surface area contributed by atoms with Crippen molar-refractivity contribution in [1.82, 2.24) is 15.0 Å². The summed E-state index contributed by atoms with van der Waals surface area (Å²) in [6, 6.07) is 0. The van der Waals surface area contributed by atoms with E-state index in [1.54, 1.807) is 0 Å². The standard InChI is InChI=1S/C9H17N7/c1-16(2)9-13-7(11-5-6-3-4-6)12-8(14-9)15-10/h6H,3-5,10H2,1-2H3,(H2,11,12,13,14,15). The van der Waals surface area contributed by atoms with Crippen molar-refractivity contribution < 1.29 is 0 Å². The second kappa shape index (κ2) is 4.48. The normalized spacial score (nSPS) is 14.7. The summed E-state index contributed by atoms with van der Waals surface area (Å²) in [6.07, 6.45) is 2.58. The summed E-state index contributed by atoms with van der Waals surface area (Å²) in [5.74, 6) is 7.60. The molecular formula is C9H17N7. The van der Waals surface area contributed by atoms with Gasteiger partial charge in [-0.15, -0.1) is 0 Å². The molecule has 2 rings (SSSR count). The van der Waals surface area contributed by atoms with Gasteiger partial charge in [0.15, 0.2) is 0 Å². The van der Waals surface area contributed by atoms with Crippen LogP contribution in [0.1, 0.15) is 12.8 Å². The van der Waals surface area contributed by atoms with Crippen molar-refractivity contribution in [3.8, 4) is 0 Å². The zero-order chi connectivity index (χ0) is 11.5. The van der Waals surface area contributed by atoms with Gasteiger partial charge in [-0.2, -0.15) is 15.0 Å². The van der Waals surface area contributed by atoms with Crippen molar-refractivity contribution in [2.45, 2.75) is 12.8 Å². The van der Waals surface area contributed by atoms with Crippen LogP contribution in [0, 0.1) is 5.92 Å². The molecule has 4 N–H and O–H groups in total. The largest absolute Gasteiger partial charge is 0.354 e. The van der Waals surface area contributed by atoms with Crippen LogP contribution in [0.2, 0.25) is 0 Å². The quantitative estimate of drug-likeness (QED) is 0.479. The van der Waals surface area contributed by atoms with Crippen LogP contribution in [0.15, 0.2) is 0 Å². The maximum atomic E-state index is 5.31. The minimum atomic E-state index is 0.372. The number of hydrogen-bond donors (Lipinski definition) is 3. The molecule has 0 unspecified atom stereocenters. The Morgan fingerprint density at radius 2 is 1.94 bits per heavy atom. The first-order valence-electron chi connectivity index (χ1n) is 5.33. The Morgan fingerprint density at radius 1 is 1.25 bits per heavy atom. The maximum absolute atomic E-state index is 5.31. The van der Waals surface area contributed by atoms with E-state index < -0.39 is 0 Å². The molecule has 0 radical (unpaired) electrons. The van der Waals surface area contributed by atoms with Gasteiger partial charge in [0.1, 0.15) is 0 Å². The zero-order valence-corrected chi connectivity index (χ0v) is 9.56. The van der Waals surface area contributed by atoms with Gasteiger partial charge in [0.05, 0.1) is 0 Å². The summed E-state index contributed by atoms with van der Waals surface area (Å²) >= 11 is 0. The van der Waals surface area contributed by atoms with Crippen molar-refractivity contribution in [2.75, 3.05) is 36.3 Å². The highest BCUT2D eigenvalue weighted by Crippen LogP contribution is 2.28. The van der Waals surface area contributed by atoms with Gasteiger partial charge >= 0.3 is 0 Å². The number of anilines is 3. The van der Waals surface area contributed by atoms with Gasteiger partial charge < -0.3 is 10.2 Å². The molecule has 1 heterocycles. The highest BCUT2D eigenvalue weighted by molar-refractivity contribution is 5.42. The summed E-state index contributed by atoms with van der Waals surface area (Å²) in [6.45, 7) is 0.918. The Hall–Kier alpha value is -1.63. The fourth-order valence-corrected chi connectivity index (χ4v) is 1.27. The third-order valence-electron chi connectivity index (χ3n) is 2.40. The molecule has 0 atom stereocenters. The number of rotatable bonds is 5. The lowest BCUT2D eigenvalue weighted by Crippen LogP contribution is -2.19. The minimum absolute atomic E-state index is 0.372. The van der Waals surface area contributed by atoms with Gasteiger partial charge in [0, 0.05) is 20.6 Å². The fourth-order valence-electron chi connectivity index (χ4n) is 1.27. The second-order valence-corrected chi connectivity index (χ2v) is 4.15. The predicted octanol–water partition coefficient (Wildman–Crippen LogP) is 0.0451. The van der Waals surface area contributed by atoms with Crippen LogP contribution in [-0.2, 0) is 0 Å². The summed E-state index contributed by atoms with van der Waals surface area (Å²) in [7, 11) is 3.75. The number of nitrogens with zero attached hydrogens (tertiary/aromatic N) is 4. The smallest absolute Gasteiger partial charge is 0.243 e. The highest BCUT2D eigenvalue weighted by atomic mass is 15.4. The third kappa shape index (κ3) is 2.69. The van der Waals surface area contributed by atoms with Crippen molar-refractivity contribution in [3.63, 3.8) is 0 Å². The van der Waals surface area contributed by atoms with E-state index in [1.807, 2.05) is 19.0 Å². The fraction of sp³-hybridized carbons (Fsp3) is 0.667. The first kappa shape index (κ1) is 10.9. The molecule has 1 saturated carbocycles. The number of hydrazine groups is 1. The van der Waals surface area contributed by atoms with Crippen LogP contribution < -0.4 is 21.5 Å². The van der Waals surface area contributed by atoms with Gasteiger partial charge in [-0.25, -0.2) is 5.84 Å². The Kier molecular flexibility index (Phi) is 3.04. The molecule has 1 aromatic rings. The number of hydrogen-bond acceptors (Lipinski definition) is 7. The number of nitrogens with one attached hydrogen (secondary N) is 2. The topological polar surface area (TPSA) is 92.0 Å². The van der Waals surface area contributed by atoms with Crippen molar-refractivity contribution in [3.05, 3.63) is 0 Å². The molecule has 0 saturated heterocycles. The predicted molar refractivity (Wildman–Crippen MR) is 63.2 cm³/mol. The van der Waals surface area contributed by atoms with E-state index in [2.05, 4.69) is 25.7 Å². The van der Waals surface area contributed by atoms with E-state index in [4.69, 9.17) is 5.84 Å². The van der Waals surface area contributed by atoms with Crippen LogP contribution in [0.5, 0.6) is 0 Å². The minimum Gasteiger partial charge on any atom is -0.354 e. The molecule has 1 aliphatic carbocycles. The maximum Gasteiger partial charge on any atom is 0.243 e. The van der Waals surface area contributed by atoms with Crippen LogP contribution in [0.25, 0.3) is 0 Å². The first-order chi connectivity index (χ1) is 7.69. The van der Waals surface area contributed by atoms with E-state index in [1.165, 1.54) is 12.8 Å². The molecule has 0 aliphatic heterocycles. The molecule has 0 spiro atoms. The molecule has 88 valence electrons. The molecule has 7 heteroatoms. The average molecular weight is 223 g/mol. The monoisotopic (exact) mass is 223 g/mol. The molecule has 1 fully saturated rings. The summed E-state index contributed by atoms with van der Waals surface area (Å²) in [5, 5.41) is 3.19. The molecule has 0 bridgehead atoms. The Labute approximate surface area is 94.4 Å². The van der Waals surface area contributed by atoms with Gasteiger partial charge in [-0.3, -0.25) is 5.43 Å². The Bertz CT molecular complexity index is 361. The summed E-state index contributed by atoms with van der Waals surface area (Å²) < 4.78 is 0. The van der Waals surface area contributed by atoms with E-state index in [0.717, 1.165) is 12.5 Å². The van der Waals surface area contributed by atoms with E-state index in [-0.39, 0.29) is 0 Å². The molecular weight excluding hydrogens is 206 g/mol. The Morgan fingerprint density at radius 3 is 2.50 bits per heavy atom. The van der Waals surface area contributed by atoms with E-state index >= 15 is 0 Å². The molecule has 16 heavy (non-hydrogen) atoms. The third-order valence-corrected chi connectivity index (χ3v) is 2.40. The molecule has 7 nitrogen and oxygen atoms in total. The number of nitrogen functional groups attached to an aromatic ring is 1. The SMILES string of the molecule is CN(C)c1nc(NN)nc(NCC2CC2)n1. The summed E-state index contributed by atoms with van der Waals surface area (Å²) in [4.78, 5) is 14.3. The van der Waals surface area contributed by atoms with Crippen molar-refractivity contribution in [1.29, 1.82) is 0 Å². The lowest BCUT2D eigenvalue weighted by Gasteiger charge is -2.12. The highest BCUT2D eigenvalue weighted by Gasteiger charge is 2.21. The van der Waals surface area contributed by atoms with Gasteiger partial charge in [-0.1, -0.05) is 0 Å². The zero-order valence-electron chi connectivity index (χ0n) is 9.56. The second-order valence-electron chi connectivity index (χ2n) is 4.15. The van der Waals surface area contributed by atoms with Crippen LogP contribution >= 0.6 is 0 Å². The number of aromatic nitrogens is 3. The lowest BCUT2D eigenvalue weighted by molar-refractivity contribution is 0.862. The van der Waals surface area contributed by atoms with Crippen molar-refractivity contribution >= 4 is 17.8 Å². The van der Waals surface area contributed by atoms with Gasteiger partial charge in [-0.05, 0) is 18.8 Å². The van der Waals surface area contributed by atoms with Crippen LogP contribution in [0.4, 0.5) is 17.8 Å². The van der Waals surface area contributed by atoms with E-state index in [0.29, 0.717) is 17.8 Å². The van der Waals surface area contributed by atoms with E-state index in [9.17, 15) is 0 Å². The lowest BCUT2D eigenvalue weighted by atomic mass is 10.4. The molecule has 1 aromatic heterocycles. The van der Waals surface area contributed by atoms with Gasteiger partial charge in [0.2, 0.25) is 17.8 Å². The van der Waals surface area contributed by atoms with Crippen molar-refractivity contribution in [2.24, 2.45) is 11.8 Å². The average Bonchev–Trinajstić information content (AvgIpc) is 3.09. The molecule has 0 aromatic carbocycles. The van der Waals surface area contributed by atoms with Crippen LogP contribution in [0.3, 0.4) is 0 Å². The molecule has 1 aliphatic rings. The Balaban J connectivity index is 2.11. The first-order valence-corrected chi connectivity index (χ1v) is 5.33. The summed E-state index contributed by atoms with van der Waals surface area (Å²) in [5.41, 5.74) is 2.44. The number of nitrogens with two attached hydrogens (primary N) is 1. The molecule has 0 amide bonds. The van der Waals surface area contributed by atoms with Gasteiger partial charge in [0.25, 0.3) is 0 Å². The van der Waals surface area contributed by atoms with Crippen LogP contribution in [-0.4, -0.2) is 35.6 Å².